The van der Waals surface area contributed by atoms with Crippen molar-refractivity contribution in [3.63, 3.8) is 0 Å². The van der Waals surface area contributed by atoms with Gasteiger partial charge >= 0.3 is 6.18 Å². The van der Waals surface area contributed by atoms with Crippen molar-refractivity contribution in [1.82, 2.24) is 4.72 Å². The van der Waals surface area contributed by atoms with Gasteiger partial charge in [-0.25, -0.2) is 13.1 Å². The standard InChI is InChI=1S/C11H10F3NO3S/c1-15-19(16,17)8-3-4-9-7(6-8)2-5-10(18-9)11(12,13)14/h2-6,10,15H,1H3. The molecule has 0 bridgehead atoms. The highest BCUT2D eigenvalue weighted by Crippen LogP contribution is 2.34. The highest BCUT2D eigenvalue weighted by molar-refractivity contribution is 7.89. The van der Waals surface area contributed by atoms with Gasteiger partial charge in [-0.1, -0.05) is 6.08 Å². The van der Waals surface area contributed by atoms with E-state index in [4.69, 9.17) is 4.74 Å². The molecule has 1 N–H and O–H groups in total. The second-order valence-electron chi connectivity index (χ2n) is 3.85. The Balaban J connectivity index is 2.38. The third-order valence-electron chi connectivity index (χ3n) is 2.59. The smallest absolute Gasteiger partial charge is 0.429 e. The van der Waals surface area contributed by atoms with Crippen LogP contribution >= 0.6 is 0 Å². The van der Waals surface area contributed by atoms with E-state index in [1.807, 2.05) is 0 Å². The van der Waals surface area contributed by atoms with Gasteiger partial charge in [-0.15, -0.1) is 0 Å². The molecule has 4 nitrogen and oxygen atoms in total. The maximum Gasteiger partial charge on any atom is 0.429 e. The van der Waals surface area contributed by atoms with Crippen LogP contribution in [0, 0.1) is 0 Å². The van der Waals surface area contributed by atoms with Gasteiger partial charge in [-0.05, 0) is 31.3 Å². The number of ether oxygens (including phenoxy) is 1. The fraction of sp³-hybridized carbons (Fsp3) is 0.273. The molecule has 0 saturated carbocycles. The number of hydrogen-bond acceptors (Lipinski definition) is 3. The van der Waals surface area contributed by atoms with Gasteiger partial charge in [-0.3, -0.25) is 0 Å². The Labute approximate surface area is 107 Å². The van der Waals surface area contributed by atoms with E-state index >= 15 is 0 Å². The van der Waals surface area contributed by atoms with Gasteiger partial charge in [0, 0.05) is 5.56 Å². The second kappa shape index (κ2) is 4.53. The van der Waals surface area contributed by atoms with E-state index in [1.165, 1.54) is 31.3 Å². The lowest BCUT2D eigenvalue weighted by molar-refractivity contribution is -0.180. The average molecular weight is 293 g/mol. The quantitative estimate of drug-likeness (QED) is 0.906. The fourth-order valence-electron chi connectivity index (χ4n) is 1.59. The first-order valence-electron chi connectivity index (χ1n) is 5.23. The summed E-state index contributed by atoms with van der Waals surface area (Å²) in [7, 11) is -2.38. The molecule has 104 valence electrons. The monoisotopic (exact) mass is 293 g/mol. The number of halogens is 3. The van der Waals surface area contributed by atoms with Gasteiger partial charge in [0.05, 0.1) is 4.90 Å². The molecule has 0 saturated heterocycles. The lowest BCUT2D eigenvalue weighted by Crippen LogP contribution is -2.33. The highest BCUT2D eigenvalue weighted by atomic mass is 32.2. The number of rotatable bonds is 2. The summed E-state index contributed by atoms with van der Waals surface area (Å²) < 4.78 is 67.4. The van der Waals surface area contributed by atoms with Gasteiger partial charge < -0.3 is 4.74 Å². The van der Waals surface area contributed by atoms with Crippen molar-refractivity contribution in [2.45, 2.75) is 17.2 Å². The summed E-state index contributed by atoms with van der Waals surface area (Å²) in [4.78, 5) is -0.0348. The normalized spacial score (nSPS) is 18.8. The number of benzene rings is 1. The van der Waals surface area contributed by atoms with Crippen LogP contribution in [0.5, 0.6) is 5.75 Å². The Morgan fingerprint density at radius 2 is 2.00 bits per heavy atom. The van der Waals surface area contributed by atoms with E-state index in [2.05, 4.69) is 4.72 Å². The summed E-state index contributed by atoms with van der Waals surface area (Å²) in [6, 6.07) is 3.66. The molecule has 1 heterocycles. The molecule has 2 rings (SSSR count). The molecule has 1 aromatic rings. The molecular weight excluding hydrogens is 283 g/mol. The third-order valence-corrected chi connectivity index (χ3v) is 4.00. The van der Waals surface area contributed by atoms with Crippen molar-refractivity contribution in [3.05, 3.63) is 29.8 Å². The predicted molar refractivity (Wildman–Crippen MR) is 62.2 cm³/mol. The maximum absolute atomic E-state index is 12.5. The molecule has 0 radical (unpaired) electrons. The van der Waals surface area contributed by atoms with E-state index < -0.39 is 22.3 Å². The molecule has 0 aliphatic carbocycles. The molecule has 1 aromatic carbocycles. The van der Waals surface area contributed by atoms with E-state index in [9.17, 15) is 21.6 Å². The van der Waals surface area contributed by atoms with Crippen molar-refractivity contribution in [2.75, 3.05) is 7.05 Å². The van der Waals surface area contributed by atoms with Crippen LogP contribution in [0.3, 0.4) is 0 Å². The molecule has 0 aromatic heterocycles. The van der Waals surface area contributed by atoms with Crippen molar-refractivity contribution in [1.29, 1.82) is 0 Å². The second-order valence-corrected chi connectivity index (χ2v) is 5.73. The topological polar surface area (TPSA) is 55.4 Å². The number of alkyl halides is 3. The Hall–Kier alpha value is -1.54. The van der Waals surface area contributed by atoms with Crippen LogP contribution in [0.4, 0.5) is 13.2 Å². The Morgan fingerprint density at radius 1 is 1.32 bits per heavy atom. The van der Waals surface area contributed by atoms with Crippen LogP contribution in [0.2, 0.25) is 0 Å². The summed E-state index contributed by atoms with van der Waals surface area (Å²) in [5, 5.41) is 0. The van der Waals surface area contributed by atoms with E-state index in [1.54, 1.807) is 0 Å². The SMILES string of the molecule is CNS(=O)(=O)c1ccc2c(c1)C=CC(C(F)(F)F)O2. The van der Waals surface area contributed by atoms with Crippen LogP contribution < -0.4 is 9.46 Å². The molecule has 1 aliphatic heterocycles. The number of nitrogens with one attached hydrogen (secondary N) is 1. The summed E-state index contributed by atoms with van der Waals surface area (Å²) >= 11 is 0. The van der Waals surface area contributed by atoms with E-state index in [0.29, 0.717) is 0 Å². The van der Waals surface area contributed by atoms with Crippen LogP contribution in [-0.4, -0.2) is 27.7 Å². The lowest BCUT2D eigenvalue weighted by atomic mass is 10.1. The minimum Gasteiger partial charge on any atom is -0.476 e. The van der Waals surface area contributed by atoms with Crippen molar-refractivity contribution in [3.8, 4) is 5.75 Å². The molecule has 0 amide bonds. The number of fused-ring (bicyclic) bond motifs is 1. The maximum atomic E-state index is 12.5. The van der Waals surface area contributed by atoms with Gasteiger partial charge in [-0.2, -0.15) is 13.2 Å². The minimum absolute atomic E-state index is 0.000113. The van der Waals surface area contributed by atoms with Gasteiger partial charge in [0.25, 0.3) is 0 Å². The van der Waals surface area contributed by atoms with Gasteiger partial charge in [0.1, 0.15) is 5.75 Å². The first kappa shape index (κ1) is 13.9. The average Bonchev–Trinajstić information content (AvgIpc) is 2.36. The molecule has 0 spiro atoms. The summed E-state index contributed by atoms with van der Waals surface area (Å²) in [5.74, 6) is -0.000113. The first-order valence-corrected chi connectivity index (χ1v) is 6.71. The zero-order valence-corrected chi connectivity index (χ0v) is 10.5. The van der Waals surface area contributed by atoms with Crippen molar-refractivity contribution >= 4 is 16.1 Å². The molecule has 19 heavy (non-hydrogen) atoms. The molecule has 1 aliphatic rings. The molecule has 0 fully saturated rings. The highest BCUT2D eigenvalue weighted by Gasteiger charge is 2.41. The molecule has 8 heteroatoms. The van der Waals surface area contributed by atoms with E-state index in [0.717, 1.165) is 6.08 Å². The molecule has 1 atom stereocenters. The van der Waals surface area contributed by atoms with Gasteiger partial charge in [0.2, 0.25) is 16.1 Å². The third kappa shape index (κ3) is 2.74. The van der Waals surface area contributed by atoms with E-state index in [-0.39, 0.29) is 16.2 Å². The van der Waals surface area contributed by atoms with Crippen LogP contribution in [0.25, 0.3) is 6.08 Å². The Morgan fingerprint density at radius 3 is 2.58 bits per heavy atom. The summed E-state index contributed by atoms with van der Waals surface area (Å²) in [6.45, 7) is 0. The van der Waals surface area contributed by atoms with Crippen LogP contribution in [0.1, 0.15) is 5.56 Å². The minimum atomic E-state index is -4.50. The number of sulfonamides is 1. The molecule has 1 unspecified atom stereocenters. The van der Waals surface area contributed by atoms with Crippen molar-refractivity contribution in [2.24, 2.45) is 0 Å². The Kier molecular flexibility index (Phi) is 3.31. The summed E-state index contributed by atoms with van der Waals surface area (Å²) in [5.41, 5.74) is 0.289. The Bertz CT molecular complexity index is 623. The first-order chi connectivity index (χ1) is 8.74. The lowest BCUT2D eigenvalue weighted by Gasteiger charge is -2.23. The number of hydrogen-bond donors (Lipinski definition) is 1. The van der Waals surface area contributed by atoms with Crippen LogP contribution in [-0.2, 0) is 10.0 Å². The zero-order chi connectivity index (χ0) is 14.3. The largest absolute Gasteiger partial charge is 0.476 e. The predicted octanol–water partition coefficient (Wildman–Crippen LogP) is 1.93. The zero-order valence-electron chi connectivity index (χ0n) is 9.73. The summed E-state index contributed by atoms with van der Waals surface area (Å²) in [6.07, 6.45) is -4.46. The fourth-order valence-corrected chi connectivity index (χ4v) is 2.36. The van der Waals surface area contributed by atoms with Gasteiger partial charge in [0.15, 0.2) is 0 Å². The molecular formula is C11H10F3NO3S. The van der Waals surface area contributed by atoms with Crippen molar-refractivity contribution < 1.29 is 26.3 Å². The van der Waals surface area contributed by atoms with Crippen LogP contribution in [0.15, 0.2) is 29.2 Å².